The highest BCUT2D eigenvalue weighted by Crippen LogP contribution is 2.26. The quantitative estimate of drug-likeness (QED) is 0.766. The van der Waals surface area contributed by atoms with Crippen LogP contribution in [-0.2, 0) is 22.6 Å². The summed E-state index contributed by atoms with van der Waals surface area (Å²) < 4.78 is 31.7. The Labute approximate surface area is 97.2 Å². The summed E-state index contributed by atoms with van der Waals surface area (Å²) in [5.74, 6) is -2.34. The number of hydrogen-bond donors (Lipinski definition) is 0. The molecule has 0 amide bonds. The summed E-state index contributed by atoms with van der Waals surface area (Å²) in [5.41, 5.74) is -0.0659. The van der Waals surface area contributed by atoms with E-state index in [1.165, 1.54) is 20.1 Å². The number of ether oxygens (including phenoxy) is 1. The molecule has 16 heavy (non-hydrogen) atoms. The highest BCUT2D eigenvalue weighted by Gasteiger charge is 2.18. The summed E-state index contributed by atoms with van der Waals surface area (Å²) in [6, 6.07) is 1.26. The fourth-order valence-electron chi connectivity index (χ4n) is 1.36. The standard InChI is InChI=1S/C11H11ClF2O2/c1-6(15)3-7-4-9(12)8(5-16-2)11(14)10(7)13/h4H,3,5H2,1-2H3. The van der Waals surface area contributed by atoms with Crippen LogP contribution in [0.2, 0.25) is 5.02 Å². The van der Waals surface area contributed by atoms with Crippen LogP contribution in [0.1, 0.15) is 18.1 Å². The fourth-order valence-corrected chi connectivity index (χ4v) is 1.62. The van der Waals surface area contributed by atoms with E-state index in [1.807, 2.05) is 0 Å². The molecule has 0 atom stereocenters. The van der Waals surface area contributed by atoms with Gasteiger partial charge in [-0.15, -0.1) is 0 Å². The van der Waals surface area contributed by atoms with Gasteiger partial charge in [0.15, 0.2) is 11.6 Å². The number of carbonyl (C=O) groups is 1. The van der Waals surface area contributed by atoms with Gasteiger partial charge in [-0.25, -0.2) is 8.78 Å². The zero-order chi connectivity index (χ0) is 12.3. The largest absolute Gasteiger partial charge is 0.380 e. The molecule has 0 spiro atoms. The molecule has 0 aromatic heterocycles. The highest BCUT2D eigenvalue weighted by atomic mass is 35.5. The molecule has 0 fully saturated rings. The average molecular weight is 249 g/mol. The molecule has 0 N–H and O–H groups in total. The van der Waals surface area contributed by atoms with Gasteiger partial charge in [-0.2, -0.15) is 0 Å². The SMILES string of the molecule is COCc1c(Cl)cc(CC(C)=O)c(F)c1F. The lowest BCUT2D eigenvalue weighted by Crippen LogP contribution is -2.05. The summed E-state index contributed by atoms with van der Waals surface area (Å²) in [6.45, 7) is 1.19. The van der Waals surface area contributed by atoms with E-state index in [2.05, 4.69) is 0 Å². The molecule has 1 aromatic carbocycles. The monoisotopic (exact) mass is 248 g/mol. The van der Waals surface area contributed by atoms with E-state index in [0.717, 1.165) is 0 Å². The van der Waals surface area contributed by atoms with Crippen LogP contribution in [-0.4, -0.2) is 12.9 Å². The van der Waals surface area contributed by atoms with E-state index in [0.29, 0.717) is 0 Å². The van der Waals surface area contributed by atoms with E-state index in [1.54, 1.807) is 0 Å². The van der Waals surface area contributed by atoms with Crippen LogP contribution in [0.15, 0.2) is 6.07 Å². The smallest absolute Gasteiger partial charge is 0.166 e. The summed E-state index contributed by atoms with van der Waals surface area (Å²) in [4.78, 5) is 10.8. The first kappa shape index (κ1) is 13.1. The van der Waals surface area contributed by atoms with Crippen molar-refractivity contribution in [1.82, 2.24) is 0 Å². The third-order valence-electron chi connectivity index (χ3n) is 2.06. The van der Waals surface area contributed by atoms with Crippen molar-refractivity contribution in [2.75, 3.05) is 7.11 Å². The molecule has 0 unspecified atom stereocenters. The zero-order valence-corrected chi connectivity index (χ0v) is 9.70. The van der Waals surface area contributed by atoms with Crippen LogP contribution in [0.25, 0.3) is 0 Å². The van der Waals surface area contributed by atoms with Gasteiger partial charge in [-0.1, -0.05) is 11.6 Å². The summed E-state index contributed by atoms with van der Waals surface area (Å²) in [6.07, 6.45) is -0.171. The fraction of sp³-hybridized carbons (Fsp3) is 0.364. The van der Waals surface area contributed by atoms with E-state index < -0.39 is 11.6 Å². The van der Waals surface area contributed by atoms with Crippen molar-refractivity contribution in [2.45, 2.75) is 20.0 Å². The zero-order valence-electron chi connectivity index (χ0n) is 8.94. The second-order valence-corrected chi connectivity index (χ2v) is 3.84. The average Bonchev–Trinajstić information content (AvgIpc) is 2.20. The molecular formula is C11H11ClF2O2. The van der Waals surface area contributed by atoms with Crippen molar-refractivity contribution in [3.8, 4) is 0 Å². The van der Waals surface area contributed by atoms with Gasteiger partial charge in [0.05, 0.1) is 6.61 Å². The first-order chi connectivity index (χ1) is 7.47. The van der Waals surface area contributed by atoms with Crippen molar-refractivity contribution >= 4 is 17.4 Å². The number of Topliss-reactive ketones (excluding diaryl/α,β-unsaturated/α-hetero) is 1. The molecule has 1 rings (SSSR count). The second kappa shape index (κ2) is 5.37. The number of methoxy groups -OCH3 is 1. The van der Waals surface area contributed by atoms with E-state index >= 15 is 0 Å². The Hall–Kier alpha value is -1.00. The Balaban J connectivity index is 3.21. The Morgan fingerprint density at radius 3 is 2.56 bits per heavy atom. The molecule has 88 valence electrons. The minimum atomic E-state index is -1.05. The van der Waals surface area contributed by atoms with E-state index in [9.17, 15) is 13.6 Å². The Morgan fingerprint density at radius 2 is 2.06 bits per heavy atom. The third kappa shape index (κ3) is 2.77. The molecule has 1 aromatic rings. The molecule has 0 aliphatic rings. The predicted molar refractivity (Wildman–Crippen MR) is 56.5 cm³/mol. The van der Waals surface area contributed by atoms with Crippen molar-refractivity contribution in [2.24, 2.45) is 0 Å². The van der Waals surface area contributed by atoms with Crippen LogP contribution in [0, 0.1) is 11.6 Å². The molecule has 0 radical (unpaired) electrons. The number of carbonyl (C=O) groups excluding carboxylic acids is 1. The van der Waals surface area contributed by atoms with Crippen LogP contribution < -0.4 is 0 Å². The molecule has 0 bridgehead atoms. The molecule has 5 heteroatoms. The molecule has 0 saturated carbocycles. The molecule has 2 nitrogen and oxygen atoms in total. The molecule has 0 aliphatic heterocycles. The van der Waals surface area contributed by atoms with Gasteiger partial charge in [-0.3, -0.25) is 4.79 Å². The number of benzene rings is 1. The van der Waals surface area contributed by atoms with Crippen LogP contribution in [0.3, 0.4) is 0 Å². The van der Waals surface area contributed by atoms with E-state index in [4.69, 9.17) is 16.3 Å². The maximum Gasteiger partial charge on any atom is 0.166 e. The maximum absolute atomic E-state index is 13.5. The second-order valence-electron chi connectivity index (χ2n) is 3.44. The number of rotatable bonds is 4. The lowest BCUT2D eigenvalue weighted by Gasteiger charge is -2.09. The van der Waals surface area contributed by atoms with E-state index in [-0.39, 0.29) is 35.0 Å². The van der Waals surface area contributed by atoms with Gasteiger partial charge in [0, 0.05) is 24.1 Å². The third-order valence-corrected chi connectivity index (χ3v) is 2.39. The topological polar surface area (TPSA) is 26.3 Å². The van der Waals surface area contributed by atoms with Crippen LogP contribution >= 0.6 is 11.6 Å². The molecule has 0 saturated heterocycles. The first-order valence-corrected chi connectivity index (χ1v) is 4.98. The minimum absolute atomic E-state index is 0.0325. The van der Waals surface area contributed by atoms with Crippen molar-refractivity contribution < 1.29 is 18.3 Å². The van der Waals surface area contributed by atoms with Crippen LogP contribution in [0.4, 0.5) is 8.78 Å². The Bertz CT molecular complexity index is 419. The van der Waals surface area contributed by atoms with Gasteiger partial charge < -0.3 is 4.74 Å². The predicted octanol–water partition coefficient (Wildman–Crippen LogP) is 2.90. The number of halogens is 3. The van der Waals surface area contributed by atoms with Gasteiger partial charge in [-0.05, 0) is 18.6 Å². The Morgan fingerprint density at radius 1 is 1.44 bits per heavy atom. The van der Waals surface area contributed by atoms with Crippen molar-refractivity contribution in [1.29, 1.82) is 0 Å². The number of ketones is 1. The van der Waals surface area contributed by atoms with Gasteiger partial charge in [0.25, 0.3) is 0 Å². The van der Waals surface area contributed by atoms with Gasteiger partial charge in [0.1, 0.15) is 5.78 Å². The molecule has 0 aliphatic carbocycles. The lowest BCUT2D eigenvalue weighted by atomic mass is 10.1. The Kier molecular flexibility index (Phi) is 4.38. The molecule has 0 heterocycles. The summed E-state index contributed by atoms with van der Waals surface area (Å²) >= 11 is 5.77. The van der Waals surface area contributed by atoms with Crippen molar-refractivity contribution in [3.63, 3.8) is 0 Å². The molecular weight excluding hydrogens is 238 g/mol. The van der Waals surface area contributed by atoms with Gasteiger partial charge >= 0.3 is 0 Å². The summed E-state index contributed by atoms with van der Waals surface area (Å²) in [5, 5.41) is 0.0667. The normalized spacial score (nSPS) is 10.6. The van der Waals surface area contributed by atoms with Gasteiger partial charge in [0.2, 0.25) is 0 Å². The highest BCUT2D eigenvalue weighted by molar-refractivity contribution is 6.31. The minimum Gasteiger partial charge on any atom is -0.380 e. The van der Waals surface area contributed by atoms with Crippen LogP contribution in [0.5, 0.6) is 0 Å². The summed E-state index contributed by atoms with van der Waals surface area (Å²) in [7, 11) is 1.36. The lowest BCUT2D eigenvalue weighted by molar-refractivity contribution is -0.116. The number of hydrogen-bond acceptors (Lipinski definition) is 2. The maximum atomic E-state index is 13.5. The first-order valence-electron chi connectivity index (χ1n) is 4.61. The van der Waals surface area contributed by atoms with Crippen molar-refractivity contribution in [3.05, 3.63) is 33.9 Å².